The number of nitrogens with one attached hydrogen (secondary N) is 1. The normalized spacial score (nSPS) is 16.1. The van der Waals surface area contributed by atoms with E-state index in [0.717, 1.165) is 17.3 Å². The number of aromatic nitrogens is 3. The lowest BCUT2D eigenvalue weighted by atomic mass is 9.94. The molecule has 3 aromatic heterocycles. The highest BCUT2D eigenvalue weighted by Crippen LogP contribution is 2.32. The molecule has 0 aromatic carbocycles. The number of anilines is 2. The number of piperidine rings is 1. The summed E-state index contributed by atoms with van der Waals surface area (Å²) in [6, 6.07) is 11.5. The number of pyridine rings is 2. The Morgan fingerprint density at radius 2 is 1.83 bits per heavy atom. The van der Waals surface area contributed by atoms with Crippen molar-refractivity contribution in [2.75, 3.05) is 18.4 Å². The molecule has 29 heavy (non-hydrogen) atoms. The molecule has 1 aliphatic heterocycles. The highest BCUT2D eigenvalue weighted by Gasteiger charge is 2.34. The van der Waals surface area contributed by atoms with Crippen LogP contribution in [-0.2, 0) is 10.0 Å². The van der Waals surface area contributed by atoms with Gasteiger partial charge < -0.3 is 9.84 Å². The van der Waals surface area contributed by atoms with Gasteiger partial charge in [0.1, 0.15) is 22.2 Å². The number of nitrogens with zero attached hydrogens (tertiary/aromatic N) is 4. The number of hydrogen-bond acceptors (Lipinski definition) is 7. The Bertz CT molecular complexity index is 1070. The van der Waals surface area contributed by atoms with E-state index in [2.05, 4.69) is 15.5 Å². The lowest BCUT2D eigenvalue weighted by molar-refractivity contribution is 0.316. The summed E-state index contributed by atoms with van der Waals surface area (Å²) < 4.78 is 32.5. The van der Waals surface area contributed by atoms with Crippen molar-refractivity contribution >= 4 is 21.7 Å². The van der Waals surface area contributed by atoms with Crippen molar-refractivity contribution < 1.29 is 12.9 Å². The van der Waals surface area contributed by atoms with Crippen molar-refractivity contribution in [3.63, 3.8) is 0 Å². The fourth-order valence-corrected chi connectivity index (χ4v) is 5.44. The van der Waals surface area contributed by atoms with E-state index in [1.54, 1.807) is 20.0 Å². The molecule has 1 N–H and O–H groups in total. The lowest BCUT2D eigenvalue weighted by Crippen LogP contribution is -2.38. The van der Waals surface area contributed by atoms with Crippen molar-refractivity contribution in [1.82, 2.24) is 19.4 Å². The smallest absolute Gasteiger partial charge is 0.248 e. The monoisotopic (exact) mass is 413 g/mol. The van der Waals surface area contributed by atoms with Gasteiger partial charge in [0, 0.05) is 30.9 Å². The Kier molecular flexibility index (Phi) is 5.33. The van der Waals surface area contributed by atoms with Gasteiger partial charge in [-0.05, 0) is 51.0 Å². The molecule has 0 aliphatic carbocycles. The molecule has 1 aliphatic rings. The van der Waals surface area contributed by atoms with Crippen molar-refractivity contribution in [1.29, 1.82) is 0 Å². The largest absolute Gasteiger partial charge is 0.360 e. The third-order valence-corrected chi connectivity index (χ3v) is 7.27. The molecule has 0 saturated carbocycles. The average molecular weight is 414 g/mol. The fourth-order valence-electron chi connectivity index (χ4n) is 3.68. The second-order valence-electron chi connectivity index (χ2n) is 7.12. The van der Waals surface area contributed by atoms with Crippen LogP contribution in [0.5, 0.6) is 0 Å². The van der Waals surface area contributed by atoms with Gasteiger partial charge in [0.15, 0.2) is 5.76 Å². The Labute approximate surface area is 170 Å². The first kappa shape index (κ1) is 19.5. The lowest BCUT2D eigenvalue weighted by Gasteiger charge is -2.31. The molecule has 4 heterocycles. The van der Waals surface area contributed by atoms with Crippen LogP contribution < -0.4 is 5.32 Å². The average Bonchev–Trinajstić information content (AvgIpc) is 3.08. The maximum atomic E-state index is 13.0. The van der Waals surface area contributed by atoms with E-state index >= 15 is 0 Å². The molecule has 3 aromatic rings. The van der Waals surface area contributed by atoms with E-state index in [-0.39, 0.29) is 10.8 Å². The molecule has 9 heteroatoms. The summed E-state index contributed by atoms with van der Waals surface area (Å²) in [4.78, 5) is 9.16. The Balaban J connectivity index is 1.45. The van der Waals surface area contributed by atoms with Gasteiger partial charge in [-0.2, -0.15) is 4.31 Å². The Hall–Kier alpha value is -2.78. The van der Waals surface area contributed by atoms with Crippen LogP contribution in [0.1, 0.15) is 35.9 Å². The molecule has 152 valence electrons. The zero-order chi connectivity index (χ0) is 20.4. The van der Waals surface area contributed by atoms with E-state index in [9.17, 15) is 8.42 Å². The molecule has 0 spiro atoms. The molecule has 0 bridgehead atoms. The number of hydrogen-bond donors (Lipinski definition) is 1. The molecule has 0 unspecified atom stereocenters. The summed E-state index contributed by atoms with van der Waals surface area (Å²) in [6.07, 6.45) is 3.15. The Morgan fingerprint density at radius 1 is 1.07 bits per heavy atom. The van der Waals surface area contributed by atoms with Crippen LogP contribution >= 0.6 is 0 Å². The van der Waals surface area contributed by atoms with Crippen LogP contribution in [0.3, 0.4) is 0 Å². The predicted octanol–water partition coefficient (Wildman–Crippen LogP) is 3.39. The van der Waals surface area contributed by atoms with Crippen LogP contribution in [0.15, 0.2) is 52.0 Å². The maximum absolute atomic E-state index is 13.0. The van der Waals surface area contributed by atoms with E-state index < -0.39 is 10.0 Å². The van der Waals surface area contributed by atoms with Gasteiger partial charge >= 0.3 is 0 Å². The first-order chi connectivity index (χ1) is 13.9. The highest BCUT2D eigenvalue weighted by molar-refractivity contribution is 7.89. The SMILES string of the molecule is Cc1noc(C)c1S(=O)(=O)N1CCC(c2cccc(Nc3ccccn3)n2)CC1. The molecule has 4 rings (SSSR count). The zero-order valence-electron chi connectivity index (χ0n) is 16.4. The van der Waals surface area contributed by atoms with Crippen LogP contribution in [0.2, 0.25) is 0 Å². The number of rotatable bonds is 5. The van der Waals surface area contributed by atoms with Crippen LogP contribution in [-0.4, -0.2) is 40.9 Å². The summed E-state index contributed by atoms with van der Waals surface area (Å²) in [7, 11) is -3.60. The molecule has 8 nitrogen and oxygen atoms in total. The topological polar surface area (TPSA) is 101 Å². The second kappa shape index (κ2) is 7.92. The quantitative estimate of drug-likeness (QED) is 0.684. The predicted molar refractivity (Wildman–Crippen MR) is 108 cm³/mol. The first-order valence-corrected chi connectivity index (χ1v) is 11.0. The van der Waals surface area contributed by atoms with Gasteiger partial charge in [-0.15, -0.1) is 0 Å². The third-order valence-electron chi connectivity index (χ3n) is 5.13. The molecule has 0 radical (unpaired) electrons. The molecule has 0 atom stereocenters. The summed E-state index contributed by atoms with van der Waals surface area (Å²) in [5.74, 6) is 2.00. The summed E-state index contributed by atoms with van der Waals surface area (Å²) in [6.45, 7) is 4.16. The summed E-state index contributed by atoms with van der Waals surface area (Å²) in [5.41, 5.74) is 1.36. The van der Waals surface area contributed by atoms with Gasteiger partial charge in [0.2, 0.25) is 10.0 Å². The first-order valence-electron chi connectivity index (χ1n) is 9.53. The second-order valence-corrected chi connectivity index (χ2v) is 8.99. The van der Waals surface area contributed by atoms with Crippen molar-refractivity contribution in [2.45, 2.75) is 37.5 Å². The van der Waals surface area contributed by atoms with E-state index in [4.69, 9.17) is 9.51 Å². The van der Waals surface area contributed by atoms with Crippen LogP contribution in [0, 0.1) is 13.8 Å². The number of aryl methyl sites for hydroxylation is 2. The fraction of sp³-hybridized carbons (Fsp3) is 0.350. The van der Waals surface area contributed by atoms with Crippen LogP contribution in [0.25, 0.3) is 0 Å². The molecule has 1 fully saturated rings. The van der Waals surface area contributed by atoms with E-state index in [1.807, 2.05) is 36.4 Å². The highest BCUT2D eigenvalue weighted by atomic mass is 32.2. The van der Waals surface area contributed by atoms with Gasteiger partial charge in [-0.3, -0.25) is 0 Å². The van der Waals surface area contributed by atoms with Crippen molar-refractivity contribution in [3.05, 3.63) is 59.7 Å². The van der Waals surface area contributed by atoms with E-state index in [0.29, 0.717) is 37.4 Å². The van der Waals surface area contributed by atoms with E-state index in [1.165, 1.54) is 4.31 Å². The number of sulfonamides is 1. The minimum absolute atomic E-state index is 0.190. The van der Waals surface area contributed by atoms with Gasteiger partial charge in [0.25, 0.3) is 0 Å². The minimum Gasteiger partial charge on any atom is -0.360 e. The van der Waals surface area contributed by atoms with Gasteiger partial charge in [0.05, 0.1) is 0 Å². The van der Waals surface area contributed by atoms with Gasteiger partial charge in [-0.1, -0.05) is 17.3 Å². The molecule has 1 saturated heterocycles. The maximum Gasteiger partial charge on any atom is 0.248 e. The Morgan fingerprint density at radius 3 is 2.48 bits per heavy atom. The zero-order valence-corrected chi connectivity index (χ0v) is 17.2. The molecular weight excluding hydrogens is 390 g/mol. The van der Waals surface area contributed by atoms with Crippen molar-refractivity contribution in [2.24, 2.45) is 0 Å². The molecule has 0 amide bonds. The summed E-state index contributed by atoms with van der Waals surface area (Å²) >= 11 is 0. The van der Waals surface area contributed by atoms with Crippen LogP contribution in [0.4, 0.5) is 11.6 Å². The van der Waals surface area contributed by atoms with Crippen molar-refractivity contribution in [3.8, 4) is 0 Å². The minimum atomic E-state index is -3.60. The standard InChI is InChI=1S/C20H23N5O3S/c1-14-20(15(2)28-24-14)29(26,27)25-12-9-16(10-13-25)17-6-5-8-19(22-17)23-18-7-3-4-11-21-18/h3-8,11,16H,9-10,12-13H2,1-2H3,(H,21,22,23). The third kappa shape index (κ3) is 4.01. The summed E-state index contributed by atoms with van der Waals surface area (Å²) in [5, 5.41) is 6.98. The van der Waals surface area contributed by atoms with Gasteiger partial charge in [-0.25, -0.2) is 18.4 Å². The molecular formula is C20H23N5O3S.